The fourth-order valence-corrected chi connectivity index (χ4v) is 32.0. The molecule has 3 N–H and O–H groups in total. The number of aliphatic hydroxyl groups is 3. The van der Waals surface area contributed by atoms with E-state index in [9.17, 15) is 24.6 Å². The van der Waals surface area contributed by atoms with Gasteiger partial charge in [0.25, 0.3) is 0 Å². The number of hydrogen-bond donors (Lipinski definition) is 3. The molecule has 145 heavy (non-hydrogen) atoms. The van der Waals surface area contributed by atoms with Crippen LogP contribution in [0.1, 0.15) is 197 Å². The number of pyridine rings is 3. The molecular formula is C128H160GeIr3N3O6Si4-3. The molecule has 12 aromatic rings. The number of hydrogen-bond acceptors (Lipinski definition) is 9. The summed E-state index contributed by atoms with van der Waals surface area (Å²) in [6, 6.07) is 83.8. The number of aryl methyl sites for hydroxylation is 4. The van der Waals surface area contributed by atoms with E-state index < -0.39 is 45.6 Å². The molecule has 0 atom stereocenters. The number of aliphatic hydroxyl groups excluding tert-OH is 3. The number of carbonyl (C=O) groups is 3. The first-order valence-electron chi connectivity index (χ1n) is 53.7. The Morgan fingerprint density at radius 3 is 1.07 bits per heavy atom. The fourth-order valence-electron chi connectivity index (χ4n) is 24.8. The molecule has 0 spiro atoms. The second-order valence-corrected chi connectivity index (χ2v) is 80.0. The Bertz CT molecular complexity index is 6380. The molecule has 0 aliphatic heterocycles. The number of fused-ring (bicyclic) bond motifs is 3. The van der Waals surface area contributed by atoms with Crippen molar-refractivity contribution < 1.29 is 90.0 Å². The van der Waals surface area contributed by atoms with Gasteiger partial charge in [-0.3, -0.25) is 24.4 Å². The number of rotatable bonds is 20. The monoisotopic (exact) mass is 2600 g/mol. The van der Waals surface area contributed by atoms with Crippen LogP contribution in [0.5, 0.6) is 0 Å². The predicted octanol–water partition coefficient (Wildman–Crippen LogP) is 31.9. The zero-order chi connectivity index (χ0) is 102. The summed E-state index contributed by atoms with van der Waals surface area (Å²) < 4.78 is 1.51. The van der Waals surface area contributed by atoms with Crippen molar-refractivity contribution in [2.24, 2.45) is 58.2 Å². The van der Waals surface area contributed by atoms with Gasteiger partial charge in [-0.15, -0.1) is 69.0 Å². The molecule has 8 bridgehead atoms. The first-order chi connectivity index (χ1) is 67.3. The van der Waals surface area contributed by atoms with Crippen LogP contribution in [-0.4, -0.2) is 93.2 Å². The van der Waals surface area contributed by atoms with Crippen molar-refractivity contribution in [2.75, 3.05) is 0 Å². The molecule has 773 valence electrons. The van der Waals surface area contributed by atoms with Gasteiger partial charge in [0.15, 0.2) is 17.3 Å². The minimum atomic E-state index is -1.93. The van der Waals surface area contributed by atoms with Crippen molar-refractivity contribution in [3.63, 3.8) is 0 Å². The Balaban J connectivity index is 0.000000158. The third kappa shape index (κ3) is 28.9. The number of benzene rings is 9. The smallest absolute Gasteiger partial charge is 0.165 e. The van der Waals surface area contributed by atoms with Crippen LogP contribution in [0.3, 0.4) is 0 Å². The minimum absolute atomic E-state index is 0. The van der Waals surface area contributed by atoms with Crippen molar-refractivity contribution in [3.05, 3.63) is 276 Å². The molecule has 10 aliphatic rings. The molecule has 10 saturated carbocycles. The van der Waals surface area contributed by atoms with Crippen LogP contribution in [0, 0.1) is 104 Å². The van der Waals surface area contributed by atoms with Gasteiger partial charge < -0.3 is 15.3 Å². The molecule has 0 saturated heterocycles. The van der Waals surface area contributed by atoms with Gasteiger partial charge >= 0.3 is 171 Å². The van der Waals surface area contributed by atoms with Gasteiger partial charge in [-0.1, -0.05) is 252 Å². The molecule has 22 rings (SSSR count). The molecule has 0 amide bonds. The van der Waals surface area contributed by atoms with Crippen LogP contribution in [0.2, 0.25) is 95.8 Å². The molecule has 3 aromatic heterocycles. The number of Topliss-reactive ketones (excluding diaryl/α,β-unsaturated/α-hetero) is 1. The molecule has 0 unspecified atom stereocenters. The Kier molecular flexibility index (Phi) is 39.2. The van der Waals surface area contributed by atoms with Gasteiger partial charge in [0.05, 0.1) is 49.1 Å². The zero-order valence-corrected chi connectivity index (χ0v) is 104. The second kappa shape index (κ2) is 49.1. The molecule has 9 aromatic carbocycles. The predicted molar refractivity (Wildman–Crippen MR) is 615 cm³/mol. The van der Waals surface area contributed by atoms with E-state index in [1.54, 1.807) is 19.9 Å². The van der Waals surface area contributed by atoms with Gasteiger partial charge in [-0.05, 0) is 191 Å². The summed E-state index contributed by atoms with van der Waals surface area (Å²) in [5, 5.41) is 39.8. The van der Waals surface area contributed by atoms with E-state index in [1.165, 1.54) is 174 Å². The zero-order valence-electron chi connectivity index (χ0n) is 90.7. The number of allylic oxidation sites excluding steroid dienone is 6. The number of ketones is 3. The quantitative estimate of drug-likeness (QED) is 0.0293. The molecule has 10 aliphatic carbocycles. The van der Waals surface area contributed by atoms with Crippen LogP contribution in [0.15, 0.2) is 235 Å². The van der Waals surface area contributed by atoms with E-state index >= 15 is 0 Å². The summed E-state index contributed by atoms with van der Waals surface area (Å²) >= 11 is -1.93. The third-order valence-electron chi connectivity index (χ3n) is 32.2. The van der Waals surface area contributed by atoms with Crippen LogP contribution in [-0.2, 0) is 74.7 Å². The fraction of sp³-hybridized carbons (Fsp3) is 0.438. The molecule has 17 heteroatoms. The molecular weight excluding hydrogens is 2440 g/mol. The van der Waals surface area contributed by atoms with Crippen molar-refractivity contribution in [3.8, 4) is 67.2 Å². The Hall–Kier alpha value is -7.80. The van der Waals surface area contributed by atoms with E-state index in [4.69, 9.17) is 20.1 Å². The Morgan fingerprint density at radius 1 is 0.386 bits per heavy atom. The summed E-state index contributed by atoms with van der Waals surface area (Å²) in [5.74, 6) is 14.2. The first kappa shape index (κ1) is 116. The van der Waals surface area contributed by atoms with Crippen LogP contribution in [0.4, 0.5) is 0 Å². The average Bonchev–Trinajstić information content (AvgIpc) is 0.726. The van der Waals surface area contributed by atoms with Crippen molar-refractivity contribution in [1.82, 2.24) is 15.0 Å². The summed E-state index contributed by atoms with van der Waals surface area (Å²) in [5.41, 5.74) is 22.2. The maximum atomic E-state index is 13.4. The Labute approximate surface area is 916 Å². The SMILES string of the molecule is CC(C(=O)C1CCCCC1)=C(O)C1CCCCC1.CCC(=O)C=C(O)CC.Cc1[c-]c(-c2cc(-c3ccccc3)c3c[c]([Ge]([CH3])([CH3])[CH3])ccc3n2)cc(C)c1.Cc1[c-]c(-c2cc(-c3ccccc3)c3cc([Si](C)(C)C)ccc3n2)cc([Si](C)(C)C)c1.Cc1[c-]c(-c2cc(-c3ccccc3)c3cc([Si](C)(C)C)ccc3n2)cc([Si](C)(C)C)c1.O=C(C=C(O)C12CC3CC(CC(C3)C1)C2)C12CC3CC(CC(C3)C1)C2.[Ir].[Ir].[Ir]. The summed E-state index contributed by atoms with van der Waals surface area (Å²) in [6.07, 6.45) is 30.5. The van der Waals surface area contributed by atoms with Crippen molar-refractivity contribution in [2.45, 2.75) is 298 Å². The Morgan fingerprint density at radius 2 is 0.724 bits per heavy atom. The largest absolute Gasteiger partial charge is 0.512 e. The third-order valence-corrected chi connectivity index (χ3v) is 44.6. The normalized spacial score (nSPS) is 21.0. The van der Waals surface area contributed by atoms with Gasteiger partial charge in [0.2, 0.25) is 0 Å². The number of carbonyl (C=O) groups excluding carboxylic acids is 3. The van der Waals surface area contributed by atoms with Crippen LogP contribution < -0.4 is 25.1 Å². The van der Waals surface area contributed by atoms with E-state index in [0.29, 0.717) is 35.7 Å². The topological polar surface area (TPSA) is 151 Å². The number of nitrogens with zero attached hydrogens (tertiary/aromatic N) is 3. The molecule has 3 heterocycles. The molecule has 9 nitrogen and oxygen atoms in total. The molecule has 10 fully saturated rings. The van der Waals surface area contributed by atoms with E-state index in [2.05, 4.69) is 342 Å². The standard InChI is InChI=1S/2C28H32NSi2.C26H26GeN.C23H32O2.C16H26O2.C7H12O2.3Ir/c2*1-20-15-22(17-24(16-20)31(5,6)7)28-19-25(21-11-9-8-10-12-21)26-18-23(30(2,3)4)13-14-27(26)29-28;1-18-13-19(2)15-21(14-18)26-17-23(20-9-7-6-8-10-20)24-16-22(27(3,4)5)11-12-25(24)28-26;24-20(22-8-14-1-15(9-22)3-16(2-14)10-22)7-21(25)23-11-17-4-18(12-23)6-19(5-17)13-23;1-12(15(17)13-8-4-2-5-9-13)16(18)14-10-6-3-7-11-14;1-3-6(8)5-7(9)4-2;;;/h2*8-14,16-19H,1-7H3;6-14,16-17H,1-5H3;7,14-19,24H,1-6,8-13H2;13-14,17H,2-11H2,1H3;5,8H,3-4H2,1-2H3;;;/q3*-1;;;;;;. The van der Waals surface area contributed by atoms with E-state index in [-0.39, 0.29) is 100 Å². The van der Waals surface area contributed by atoms with Crippen molar-refractivity contribution in [1.29, 1.82) is 0 Å². The summed E-state index contributed by atoms with van der Waals surface area (Å²) in [7, 11) is -5.70. The first-order valence-corrected chi connectivity index (χ1v) is 75.1. The summed E-state index contributed by atoms with van der Waals surface area (Å²) in [6.45, 7) is 42.7. The second-order valence-electron chi connectivity index (χ2n) is 49.0. The summed E-state index contributed by atoms with van der Waals surface area (Å²) in [4.78, 5) is 51.5. The maximum Gasteiger partial charge on any atom is 0.165 e. The molecule has 3 radical (unpaired) electrons. The van der Waals surface area contributed by atoms with Crippen LogP contribution in [0.25, 0.3) is 99.9 Å². The van der Waals surface area contributed by atoms with E-state index in [0.717, 1.165) is 156 Å². The number of aromatic nitrogens is 3. The van der Waals surface area contributed by atoms with Gasteiger partial charge in [0, 0.05) is 124 Å². The van der Waals surface area contributed by atoms with Gasteiger partial charge in [0.1, 0.15) is 11.5 Å². The van der Waals surface area contributed by atoms with Crippen molar-refractivity contribution >= 4 is 121 Å². The van der Waals surface area contributed by atoms with Gasteiger partial charge in [-0.25, -0.2) is 0 Å². The minimum Gasteiger partial charge on any atom is -0.512 e. The van der Waals surface area contributed by atoms with E-state index in [1.807, 2.05) is 6.92 Å². The van der Waals surface area contributed by atoms with Gasteiger partial charge in [-0.2, -0.15) is 0 Å². The maximum absolute atomic E-state index is 13.4. The average molecular weight is 2600 g/mol. The van der Waals surface area contributed by atoms with Crippen LogP contribution >= 0.6 is 0 Å².